The third-order valence-corrected chi connectivity index (χ3v) is 20.8. The number of ether oxygens (including phenoxy) is 2. The molecule has 10 rings (SSSR count). The highest BCUT2D eigenvalue weighted by Crippen LogP contribution is 2.42. The lowest BCUT2D eigenvalue weighted by Gasteiger charge is -2.28. The number of imidazole rings is 2. The van der Waals surface area contributed by atoms with Crippen LogP contribution < -0.4 is 49.2 Å². The number of nitrogens with zero attached hydrogens (tertiary/aromatic N) is 6. The second kappa shape index (κ2) is 34.1. The van der Waals surface area contributed by atoms with E-state index >= 15 is 4.39 Å². The second-order valence-corrected chi connectivity index (χ2v) is 29.2. The summed E-state index contributed by atoms with van der Waals surface area (Å²) in [7, 11) is -1.74. The number of sulfone groups is 1. The number of thioether (sulfide) groups is 2. The second-order valence-electron chi connectivity index (χ2n) is 22.9. The van der Waals surface area contributed by atoms with Crippen molar-refractivity contribution >= 4 is 66.7 Å². The molecule has 0 aliphatic heterocycles. The van der Waals surface area contributed by atoms with Crippen molar-refractivity contribution < 1.29 is 91.2 Å². The monoisotopic (exact) mass is 1490 g/mol. The molecule has 97 heavy (non-hydrogen) atoms. The van der Waals surface area contributed by atoms with Crippen molar-refractivity contribution in [1.29, 1.82) is 0 Å². The summed E-state index contributed by atoms with van der Waals surface area (Å²) in [5, 5.41) is 0.701. The number of rotatable bonds is 22. The molecule has 28 heteroatoms. The molecule has 0 spiro atoms. The van der Waals surface area contributed by atoms with Crippen molar-refractivity contribution in [2.24, 2.45) is 19.8 Å². The molecule has 0 saturated heterocycles. The lowest BCUT2D eigenvalue weighted by atomic mass is 9.81. The van der Waals surface area contributed by atoms with E-state index in [1.54, 1.807) is 65.5 Å². The number of methoxy groups -OCH3 is 2. The van der Waals surface area contributed by atoms with Gasteiger partial charge in [0.25, 0.3) is 10.1 Å². The number of aryl methyl sites for hydroxylation is 3. The minimum atomic E-state index is -4.64. The molecule has 10 aromatic rings. The average molecular weight is 1490 g/mol. The summed E-state index contributed by atoms with van der Waals surface area (Å²) in [6, 6.07) is 32.7. The third kappa shape index (κ3) is 19.6. The summed E-state index contributed by atoms with van der Waals surface area (Å²) < 4.78 is 162. The quantitative estimate of drug-likeness (QED) is 0.0286. The van der Waals surface area contributed by atoms with Gasteiger partial charge in [0.1, 0.15) is 37.4 Å². The molecule has 3 N–H and O–H groups in total. The molecule has 0 atom stereocenters. The van der Waals surface area contributed by atoms with E-state index in [2.05, 4.69) is 22.2 Å². The number of halogens is 10. The summed E-state index contributed by atoms with van der Waals surface area (Å²) in [5.74, 6) is -3.45. The van der Waals surface area contributed by atoms with Gasteiger partial charge < -0.3 is 40.0 Å². The van der Waals surface area contributed by atoms with Crippen molar-refractivity contribution in [1.82, 2.24) is 19.1 Å². The van der Waals surface area contributed by atoms with Gasteiger partial charge in [-0.05, 0) is 146 Å². The molecule has 6 aromatic carbocycles. The molecule has 0 unspecified atom stereocenters. The van der Waals surface area contributed by atoms with Gasteiger partial charge in [0.05, 0.1) is 53.5 Å². The molecule has 0 radical (unpaired) electrons. The number of hydrogen-bond acceptors (Lipinski definition) is 11. The molecular formula is C69H69Cl4F6N7O7S4. The lowest BCUT2D eigenvalue weighted by molar-refractivity contribution is -0.672. The standard InChI is InChI=1S/C35H34ClF3N3O3S2.C26H22ClF3N2O4S2.C8H13N2.2ClH/c1-35(2,24-9-14-30(38)32(17-24)45-4)33-20-40-34(42(33)26-12-10-25(37)11-13-26)46-22-28-29(36)18-27(19-31(28)39)47(43,44)16-6-8-23-7-5-15-41(3)21-23;1-26(2,15-4-9-21(29)23(10-15)36-3)24-13-31-25(32(24)17-7-5-16(28)6-8-17)37-14-19-20(27)11-18(12-22(19)30)38(33,34)35;1-10-6-2-3-8(7-10)4-5-9;;/h5,7,9-15,17-21H,6,8,16,22H2,1-4H3;4-13H,14H2,1-3H3,(H,33,34,35);2-3,6-7H,4-5,9H2,1H3;2*1H/q+1;;+1;;/p-2. The van der Waals surface area contributed by atoms with Gasteiger partial charge in [-0.2, -0.15) is 8.42 Å². The van der Waals surface area contributed by atoms with E-state index in [0.717, 1.165) is 53.6 Å². The van der Waals surface area contributed by atoms with E-state index in [0.29, 0.717) is 52.0 Å². The lowest BCUT2D eigenvalue weighted by Crippen LogP contribution is -3.00. The average Bonchev–Trinajstić information content (AvgIpc) is 1.69. The minimum Gasteiger partial charge on any atom is -1.00 e. The van der Waals surface area contributed by atoms with Gasteiger partial charge in [0.2, 0.25) is 0 Å². The van der Waals surface area contributed by atoms with Gasteiger partial charge in [-0.1, -0.05) is 86.6 Å². The smallest absolute Gasteiger partial charge is 0.294 e. The molecule has 516 valence electrons. The first-order valence-electron chi connectivity index (χ1n) is 29.3. The molecule has 0 bridgehead atoms. The van der Waals surface area contributed by atoms with Crippen LogP contribution in [0, 0.1) is 34.9 Å². The summed E-state index contributed by atoms with van der Waals surface area (Å²) in [6.45, 7) is 8.44. The highest BCUT2D eigenvalue weighted by molar-refractivity contribution is 7.98. The Morgan fingerprint density at radius 1 is 0.567 bits per heavy atom. The number of benzene rings is 6. The van der Waals surface area contributed by atoms with Crippen molar-refractivity contribution in [3.05, 3.63) is 260 Å². The summed E-state index contributed by atoms with van der Waals surface area (Å²) in [5.41, 5.74) is 10.4. The van der Waals surface area contributed by atoms with Crippen LogP contribution in [0.2, 0.25) is 10.0 Å². The Bertz CT molecular complexity index is 4570. The first-order chi connectivity index (χ1) is 44.9. The molecule has 0 aliphatic carbocycles. The van der Waals surface area contributed by atoms with Crippen LogP contribution in [0.1, 0.15) is 78.9 Å². The van der Waals surface area contributed by atoms with Crippen LogP contribution in [0.5, 0.6) is 11.5 Å². The first-order valence-corrected chi connectivity index (χ1v) is 35.1. The molecule has 0 saturated carbocycles. The van der Waals surface area contributed by atoms with Gasteiger partial charge in [-0.25, -0.2) is 53.9 Å². The fraction of sp³-hybridized carbons (Fsp3) is 0.246. The van der Waals surface area contributed by atoms with Crippen molar-refractivity contribution in [2.45, 2.75) is 89.4 Å². The Balaban J connectivity index is 0.000000267. The van der Waals surface area contributed by atoms with Crippen molar-refractivity contribution in [3.63, 3.8) is 0 Å². The number of aromatic nitrogens is 6. The van der Waals surface area contributed by atoms with Gasteiger partial charge in [-0.3, -0.25) is 13.7 Å². The molecule has 0 amide bonds. The van der Waals surface area contributed by atoms with E-state index in [4.69, 9.17) is 38.4 Å². The molecule has 4 heterocycles. The maximum absolute atomic E-state index is 15.5. The van der Waals surface area contributed by atoms with Gasteiger partial charge in [0.15, 0.2) is 68.1 Å². The third-order valence-electron chi connectivity index (χ3n) is 15.5. The zero-order valence-electron chi connectivity index (χ0n) is 53.7. The predicted octanol–water partition coefficient (Wildman–Crippen LogP) is 8.64. The number of nitrogens with two attached hydrogens (primary N) is 1. The van der Waals surface area contributed by atoms with E-state index in [1.807, 2.05) is 92.3 Å². The van der Waals surface area contributed by atoms with E-state index in [1.165, 1.54) is 74.0 Å². The van der Waals surface area contributed by atoms with Crippen LogP contribution in [0.25, 0.3) is 11.4 Å². The maximum Gasteiger partial charge on any atom is 0.294 e. The molecule has 0 fully saturated rings. The van der Waals surface area contributed by atoms with Crippen LogP contribution in [0.4, 0.5) is 26.3 Å². The Labute approximate surface area is 591 Å². The van der Waals surface area contributed by atoms with Gasteiger partial charge in [0, 0.05) is 78.1 Å². The first kappa shape index (κ1) is 78.9. The minimum absolute atomic E-state index is 0. The number of hydrogen-bond donors (Lipinski definition) is 2. The highest BCUT2D eigenvalue weighted by atomic mass is 35.5. The van der Waals surface area contributed by atoms with E-state index < -0.39 is 70.6 Å². The van der Waals surface area contributed by atoms with Crippen molar-refractivity contribution in [3.8, 4) is 22.9 Å². The highest BCUT2D eigenvalue weighted by Gasteiger charge is 2.33. The zero-order valence-corrected chi connectivity index (χ0v) is 60.0. The van der Waals surface area contributed by atoms with Crippen LogP contribution >= 0.6 is 46.7 Å². The van der Waals surface area contributed by atoms with Crippen LogP contribution in [-0.4, -0.2) is 67.0 Å². The molecule has 4 aromatic heterocycles. The largest absolute Gasteiger partial charge is 1.00 e. The topological polar surface area (TPSA) is 176 Å². The Kier molecular flexibility index (Phi) is 27.7. The fourth-order valence-electron chi connectivity index (χ4n) is 10.2. The van der Waals surface area contributed by atoms with Crippen LogP contribution in [0.15, 0.2) is 191 Å². The molecule has 14 nitrogen and oxygen atoms in total. The summed E-state index contributed by atoms with van der Waals surface area (Å²) >= 11 is 14.9. The Morgan fingerprint density at radius 2 is 0.969 bits per heavy atom. The van der Waals surface area contributed by atoms with E-state index in [-0.39, 0.29) is 79.6 Å². The Morgan fingerprint density at radius 3 is 1.35 bits per heavy atom. The van der Waals surface area contributed by atoms with E-state index in [9.17, 15) is 43.3 Å². The van der Waals surface area contributed by atoms with Crippen LogP contribution in [-0.2, 0) is 69.2 Å². The van der Waals surface area contributed by atoms with Crippen LogP contribution in [0.3, 0.4) is 0 Å². The number of pyridine rings is 2. The summed E-state index contributed by atoms with van der Waals surface area (Å²) in [4.78, 5) is 8.33. The zero-order chi connectivity index (χ0) is 69.2. The fourth-order valence-corrected chi connectivity index (χ4v) is 15.0. The molecular weight excluding hydrogens is 1420 g/mol. The Hall–Kier alpha value is -7.10. The SMILES string of the molecule is COc1cc(C(C)(C)c2cnc(SCc3c(F)cc(S(=O)(=O)CCCc4ccc[n+](C)c4)cc3Cl)n2-c2ccc(F)cc2)ccc1F.COc1cc(C(C)(C)c2cnc(SCc3c(F)cc(S(=O)(=O)O)cc3Cl)n2-c2ccc(F)cc2)ccc1F.C[n+]1cccc(CCN)c1.[Cl-].[Cl-]. The van der Waals surface area contributed by atoms with Crippen molar-refractivity contribution in [2.75, 3.05) is 26.5 Å². The normalized spacial score (nSPS) is 11.6. The predicted molar refractivity (Wildman–Crippen MR) is 357 cm³/mol. The van der Waals surface area contributed by atoms with Gasteiger partial charge >= 0.3 is 0 Å². The van der Waals surface area contributed by atoms with Gasteiger partial charge in [-0.15, -0.1) is 0 Å². The molecule has 0 aliphatic rings. The summed E-state index contributed by atoms with van der Waals surface area (Å²) in [6.07, 6.45) is 13.1. The maximum atomic E-state index is 15.5.